The van der Waals surface area contributed by atoms with Crippen molar-refractivity contribution >= 4 is 17.7 Å². The highest BCUT2D eigenvalue weighted by Crippen LogP contribution is 2.07. The summed E-state index contributed by atoms with van der Waals surface area (Å²) in [5, 5.41) is 11.0. The number of aliphatic carboxylic acids is 1. The van der Waals surface area contributed by atoms with E-state index < -0.39 is 17.9 Å². The van der Waals surface area contributed by atoms with Crippen molar-refractivity contribution < 1.29 is 14.7 Å². The van der Waals surface area contributed by atoms with Gasteiger partial charge in [0.1, 0.15) is 11.9 Å². The van der Waals surface area contributed by atoms with Gasteiger partial charge in [0.15, 0.2) is 0 Å². The summed E-state index contributed by atoms with van der Waals surface area (Å²) in [7, 11) is 3.68. The second-order valence-electron chi connectivity index (χ2n) is 3.83. The van der Waals surface area contributed by atoms with E-state index in [0.29, 0.717) is 5.56 Å². The maximum atomic E-state index is 11.6. The third kappa shape index (κ3) is 3.44. The lowest BCUT2D eigenvalue weighted by molar-refractivity contribution is -0.138. The Hall–Kier alpha value is -2.11. The number of rotatable bonds is 4. The number of hydrogen-bond donors (Lipinski definition) is 2. The summed E-state index contributed by atoms with van der Waals surface area (Å²) in [5.74, 6) is -0.790. The molecule has 0 bridgehead atoms. The zero-order valence-corrected chi connectivity index (χ0v) is 9.97. The molecule has 92 valence electrons. The molecular weight excluding hydrogens is 222 g/mol. The Kier molecular flexibility index (Phi) is 4.03. The maximum absolute atomic E-state index is 11.6. The number of amides is 1. The number of carboxylic acid groups (broad SMARTS) is 1. The molecule has 0 fully saturated rings. The molecule has 1 amide bonds. The number of nitrogens with one attached hydrogen (secondary N) is 1. The molecular formula is C11H15N3O3. The van der Waals surface area contributed by atoms with Crippen molar-refractivity contribution in [2.45, 2.75) is 13.0 Å². The summed E-state index contributed by atoms with van der Waals surface area (Å²) in [6.45, 7) is 1.40. The second kappa shape index (κ2) is 5.29. The van der Waals surface area contributed by atoms with Gasteiger partial charge in [0.05, 0.1) is 5.56 Å². The van der Waals surface area contributed by atoms with E-state index in [1.54, 1.807) is 12.1 Å². The molecule has 0 unspecified atom stereocenters. The molecule has 0 aliphatic heterocycles. The average Bonchev–Trinajstić information content (AvgIpc) is 2.28. The van der Waals surface area contributed by atoms with Crippen molar-refractivity contribution in [2.75, 3.05) is 19.0 Å². The van der Waals surface area contributed by atoms with Crippen molar-refractivity contribution in [1.82, 2.24) is 10.3 Å². The van der Waals surface area contributed by atoms with Crippen molar-refractivity contribution in [2.24, 2.45) is 0 Å². The summed E-state index contributed by atoms with van der Waals surface area (Å²) in [6, 6.07) is 2.38. The Morgan fingerprint density at radius 3 is 2.47 bits per heavy atom. The van der Waals surface area contributed by atoms with Crippen LogP contribution in [0.25, 0.3) is 0 Å². The van der Waals surface area contributed by atoms with Crippen LogP contribution in [0.2, 0.25) is 0 Å². The quantitative estimate of drug-likeness (QED) is 0.789. The largest absolute Gasteiger partial charge is 0.480 e. The third-order valence-electron chi connectivity index (χ3n) is 2.19. The highest BCUT2D eigenvalue weighted by atomic mass is 16.4. The fraction of sp³-hybridized carbons (Fsp3) is 0.364. The summed E-state index contributed by atoms with van der Waals surface area (Å²) in [5.41, 5.74) is 0.337. The molecule has 6 heteroatoms. The smallest absolute Gasteiger partial charge is 0.325 e. The Bertz CT molecular complexity index is 414. The average molecular weight is 237 g/mol. The SMILES string of the molecule is C[C@H](NC(=O)c1ccc(N(C)C)nc1)C(=O)O. The van der Waals surface area contributed by atoms with Crippen LogP contribution in [-0.4, -0.2) is 42.1 Å². The lowest BCUT2D eigenvalue weighted by Gasteiger charge is -2.12. The lowest BCUT2D eigenvalue weighted by Crippen LogP contribution is -2.38. The lowest BCUT2D eigenvalue weighted by atomic mass is 10.2. The van der Waals surface area contributed by atoms with Crippen LogP contribution < -0.4 is 10.2 Å². The first kappa shape index (κ1) is 13.0. The van der Waals surface area contributed by atoms with E-state index in [2.05, 4.69) is 10.3 Å². The van der Waals surface area contributed by atoms with Crippen LogP contribution in [0.3, 0.4) is 0 Å². The molecule has 1 heterocycles. The van der Waals surface area contributed by atoms with Crippen LogP contribution in [0.5, 0.6) is 0 Å². The molecule has 0 aliphatic rings. The number of carbonyl (C=O) groups excluding carboxylic acids is 1. The Labute approximate surface area is 99.3 Å². The van der Waals surface area contributed by atoms with E-state index in [1.807, 2.05) is 19.0 Å². The van der Waals surface area contributed by atoms with Crippen molar-refractivity contribution in [3.8, 4) is 0 Å². The highest BCUT2D eigenvalue weighted by molar-refractivity contribution is 5.96. The first-order valence-electron chi connectivity index (χ1n) is 5.09. The van der Waals surface area contributed by atoms with Crippen molar-refractivity contribution in [3.63, 3.8) is 0 Å². The van der Waals surface area contributed by atoms with E-state index >= 15 is 0 Å². The van der Waals surface area contributed by atoms with E-state index in [1.165, 1.54) is 13.1 Å². The van der Waals surface area contributed by atoms with Crippen LogP contribution in [0.1, 0.15) is 17.3 Å². The number of hydrogen-bond acceptors (Lipinski definition) is 4. The summed E-state index contributed by atoms with van der Waals surface area (Å²) in [6.07, 6.45) is 1.42. The van der Waals surface area contributed by atoms with Gasteiger partial charge in [0.25, 0.3) is 5.91 Å². The Balaban J connectivity index is 2.73. The molecule has 1 rings (SSSR count). The first-order valence-corrected chi connectivity index (χ1v) is 5.09. The van der Waals surface area contributed by atoms with Gasteiger partial charge < -0.3 is 15.3 Å². The summed E-state index contributed by atoms with van der Waals surface area (Å²) in [4.78, 5) is 28.1. The van der Waals surface area contributed by atoms with Gasteiger partial charge in [-0.15, -0.1) is 0 Å². The van der Waals surface area contributed by atoms with Gasteiger partial charge in [-0.1, -0.05) is 0 Å². The van der Waals surface area contributed by atoms with Gasteiger partial charge in [-0.3, -0.25) is 9.59 Å². The molecule has 17 heavy (non-hydrogen) atoms. The minimum atomic E-state index is -1.07. The zero-order chi connectivity index (χ0) is 13.0. The van der Waals surface area contributed by atoms with Crippen LogP contribution in [-0.2, 0) is 4.79 Å². The van der Waals surface area contributed by atoms with Gasteiger partial charge >= 0.3 is 5.97 Å². The van der Waals surface area contributed by atoms with Gasteiger partial charge in [-0.25, -0.2) is 4.98 Å². The minimum absolute atomic E-state index is 0.337. The summed E-state index contributed by atoms with van der Waals surface area (Å²) < 4.78 is 0. The van der Waals surface area contributed by atoms with Gasteiger partial charge in [-0.05, 0) is 19.1 Å². The van der Waals surface area contributed by atoms with Crippen LogP contribution in [0.4, 0.5) is 5.82 Å². The predicted octanol–water partition coefficient (Wildman–Crippen LogP) is 0.350. The predicted molar refractivity (Wildman–Crippen MR) is 63.1 cm³/mol. The van der Waals surface area contributed by atoms with Crippen LogP contribution >= 0.6 is 0 Å². The third-order valence-corrected chi connectivity index (χ3v) is 2.19. The van der Waals surface area contributed by atoms with Crippen LogP contribution in [0.15, 0.2) is 18.3 Å². The molecule has 0 spiro atoms. The zero-order valence-electron chi connectivity index (χ0n) is 9.97. The molecule has 1 aromatic rings. The Morgan fingerprint density at radius 1 is 1.41 bits per heavy atom. The number of nitrogens with zero attached hydrogens (tertiary/aromatic N) is 2. The van der Waals surface area contributed by atoms with Gasteiger partial charge in [0, 0.05) is 20.3 Å². The number of pyridine rings is 1. The number of carboxylic acids is 1. The van der Waals surface area contributed by atoms with Gasteiger partial charge in [0.2, 0.25) is 0 Å². The van der Waals surface area contributed by atoms with Crippen LogP contribution in [0, 0.1) is 0 Å². The molecule has 0 aliphatic carbocycles. The maximum Gasteiger partial charge on any atom is 0.325 e. The molecule has 1 aromatic heterocycles. The molecule has 0 radical (unpaired) electrons. The van der Waals surface area contributed by atoms with Crippen molar-refractivity contribution in [1.29, 1.82) is 0 Å². The van der Waals surface area contributed by atoms with E-state index in [9.17, 15) is 9.59 Å². The fourth-order valence-electron chi connectivity index (χ4n) is 1.13. The summed E-state index contributed by atoms with van der Waals surface area (Å²) >= 11 is 0. The normalized spacial score (nSPS) is 11.7. The molecule has 0 saturated heterocycles. The number of carbonyl (C=O) groups is 2. The highest BCUT2D eigenvalue weighted by Gasteiger charge is 2.15. The van der Waals surface area contributed by atoms with Gasteiger partial charge in [-0.2, -0.15) is 0 Å². The van der Waals surface area contributed by atoms with E-state index in [-0.39, 0.29) is 0 Å². The fourth-order valence-corrected chi connectivity index (χ4v) is 1.13. The minimum Gasteiger partial charge on any atom is -0.480 e. The number of anilines is 1. The van der Waals surface area contributed by atoms with Crippen molar-refractivity contribution in [3.05, 3.63) is 23.9 Å². The standard InChI is InChI=1S/C11H15N3O3/c1-7(11(16)17)13-10(15)8-4-5-9(12-6-8)14(2)3/h4-7H,1-3H3,(H,13,15)(H,16,17)/t7-/m0/s1. The topological polar surface area (TPSA) is 82.5 Å². The molecule has 0 saturated carbocycles. The Morgan fingerprint density at radius 2 is 2.06 bits per heavy atom. The van der Waals surface area contributed by atoms with E-state index in [4.69, 9.17) is 5.11 Å². The first-order chi connectivity index (χ1) is 7.91. The molecule has 0 aromatic carbocycles. The second-order valence-corrected chi connectivity index (χ2v) is 3.83. The molecule has 1 atom stereocenters. The molecule has 6 nitrogen and oxygen atoms in total. The monoisotopic (exact) mass is 237 g/mol. The van der Waals surface area contributed by atoms with E-state index in [0.717, 1.165) is 5.82 Å². The number of aromatic nitrogens is 1. The molecule has 2 N–H and O–H groups in total.